The van der Waals surface area contributed by atoms with E-state index in [1.807, 2.05) is 11.0 Å². The molecule has 19 heavy (non-hydrogen) atoms. The maximum atomic E-state index is 11.8. The Hall–Kier alpha value is -1.55. The topological polar surface area (TPSA) is 58.4 Å². The van der Waals surface area contributed by atoms with Crippen molar-refractivity contribution in [1.82, 2.24) is 10.2 Å². The summed E-state index contributed by atoms with van der Waals surface area (Å²) in [5.41, 5.74) is 6.78. The molecule has 0 spiro atoms. The number of urea groups is 1. The molecule has 1 saturated heterocycles. The van der Waals surface area contributed by atoms with Crippen molar-refractivity contribution in [1.29, 1.82) is 0 Å². The van der Waals surface area contributed by atoms with Gasteiger partial charge in [-0.05, 0) is 30.7 Å². The maximum Gasteiger partial charge on any atom is 0.317 e. The molecule has 1 aliphatic heterocycles. The van der Waals surface area contributed by atoms with Crippen LogP contribution in [0, 0.1) is 5.92 Å². The van der Waals surface area contributed by atoms with Crippen molar-refractivity contribution in [2.24, 2.45) is 11.7 Å². The number of piperidine rings is 1. The van der Waals surface area contributed by atoms with Crippen molar-refractivity contribution in [3.05, 3.63) is 35.9 Å². The summed E-state index contributed by atoms with van der Waals surface area (Å²) in [5, 5.41) is 2.83. The SMILES string of the molecule is NCCNC(=O)N1CCC(Cc2ccccc2)CC1. The molecule has 4 nitrogen and oxygen atoms in total. The molecule has 0 atom stereocenters. The molecule has 0 unspecified atom stereocenters. The minimum absolute atomic E-state index is 0.0311. The third kappa shape index (κ3) is 4.24. The maximum absolute atomic E-state index is 11.8. The molecule has 1 fully saturated rings. The fourth-order valence-corrected chi connectivity index (χ4v) is 2.58. The fourth-order valence-electron chi connectivity index (χ4n) is 2.58. The van der Waals surface area contributed by atoms with Crippen LogP contribution in [0.15, 0.2) is 30.3 Å². The molecule has 1 aromatic rings. The van der Waals surface area contributed by atoms with E-state index in [1.54, 1.807) is 0 Å². The summed E-state index contributed by atoms with van der Waals surface area (Å²) in [5.74, 6) is 0.695. The van der Waals surface area contributed by atoms with Crippen LogP contribution in [-0.2, 0) is 6.42 Å². The molecule has 1 aromatic carbocycles. The highest BCUT2D eigenvalue weighted by Gasteiger charge is 2.22. The molecule has 1 heterocycles. The van der Waals surface area contributed by atoms with Gasteiger partial charge in [-0.2, -0.15) is 0 Å². The molecule has 2 amide bonds. The lowest BCUT2D eigenvalue weighted by Crippen LogP contribution is -2.45. The highest BCUT2D eigenvalue weighted by atomic mass is 16.2. The van der Waals surface area contributed by atoms with Crippen molar-refractivity contribution < 1.29 is 4.79 Å². The van der Waals surface area contributed by atoms with Crippen LogP contribution in [0.2, 0.25) is 0 Å². The Morgan fingerprint density at radius 3 is 2.58 bits per heavy atom. The molecule has 0 radical (unpaired) electrons. The Morgan fingerprint density at radius 1 is 1.26 bits per heavy atom. The van der Waals surface area contributed by atoms with Gasteiger partial charge in [-0.3, -0.25) is 0 Å². The third-order valence-corrected chi connectivity index (χ3v) is 3.69. The number of hydrogen-bond acceptors (Lipinski definition) is 2. The first-order valence-corrected chi connectivity index (χ1v) is 7.06. The largest absolute Gasteiger partial charge is 0.337 e. The molecule has 0 aliphatic carbocycles. The lowest BCUT2D eigenvalue weighted by molar-refractivity contribution is 0.170. The van der Waals surface area contributed by atoms with Crippen molar-refractivity contribution in [2.45, 2.75) is 19.3 Å². The summed E-state index contributed by atoms with van der Waals surface area (Å²) in [6, 6.07) is 10.6. The number of nitrogens with two attached hydrogens (primary N) is 1. The van der Waals surface area contributed by atoms with Crippen LogP contribution in [0.4, 0.5) is 4.79 Å². The highest BCUT2D eigenvalue weighted by Crippen LogP contribution is 2.21. The van der Waals surface area contributed by atoms with Crippen LogP contribution in [-0.4, -0.2) is 37.1 Å². The lowest BCUT2D eigenvalue weighted by Gasteiger charge is -2.32. The summed E-state index contributed by atoms with van der Waals surface area (Å²) >= 11 is 0. The number of rotatable bonds is 4. The van der Waals surface area contributed by atoms with Gasteiger partial charge in [-0.25, -0.2) is 4.79 Å². The molecular weight excluding hydrogens is 238 g/mol. The molecule has 2 rings (SSSR count). The first-order chi connectivity index (χ1) is 9.29. The van der Waals surface area contributed by atoms with Gasteiger partial charge in [0.1, 0.15) is 0 Å². The van der Waals surface area contributed by atoms with Crippen LogP contribution in [0.3, 0.4) is 0 Å². The van der Waals surface area contributed by atoms with E-state index in [2.05, 4.69) is 29.6 Å². The number of likely N-dealkylation sites (tertiary alicyclic amines) is 1. The molecular formula is C15H23N3O. The number of carbonyl (C=O) groups is 1. The first-order valence-electron chi connectivity index (χ1n) is 7.06. The Balaban J connectivity index is 1.75. The lowest BCUT2D eigenvalue weighted by atomic mass is 9.90. The average molecular weight is 261 g/mol. The van der Waals surface area contributed by atoms with Crippen LogP contribution in [0.5, 0.6) is 0 Å². The van der Waals surface area contributed by atoms with Crippen molar-refractivity contribution in [2.75, 3.05) is 26.2 Å². The average Bonchev–Trinajstić information content (AvgIpc) is 2.46. The fraction of sp³-hybridized carbons (Fsp3) is 0.533. The predicted octanol–water partition coefficient (Wildman–Crippen LogP) is 1.61. The number of nitrogens with one attached hydrogen (secondary N) is 1. The number of carbonyl (C=O) groups excluding carboxylic acids is 1. The molecule has 4 heteroatoms. The zero-order valence-corrected chi connectivity index (χ0v) is 11.3. The van der Waals surface area contributed by atoms with Crippen LogP contribution >= 0.6 is 0 Å². The standard InChI is InChI=1S/C15H23N3O/c16-8-9-17-15(19)18-10-6-14(7-11-18)12-13-4-2-1-3-5-13/h1-5,14H,6-12,16H2,(H,17,19). The van der Waals surface area contributed by atoms with E-state index in [4.69, 9.17) is 5.73 Å². The molecule has 0 bridgehead atoms. The van der Waals surface area contributed by atoms with E-state index in [0.29, 0.717) is 19.0 Å². The van der Waals surface area contributed by atoms with Gasteiger partial charge in [0.05, 0.1) is 0 Å². The van der Waals surface area contributed by atoms with Gasteiger partial charge in [-0.15, -0.1) is 0 Å². The summed E-state index contributed by atoms with van der Waals surface area (Å²) < 4.78 is 0. The van der Waals surface area contributed by atoms with Gasteiger partial charge in [0.25, 0.3) is 0 Å². The summed E-state index contributed by atoms with van der Waals surface area (Å²) in [7, 11) is 0. The van der Waals surface area contributed by atoms with E-state index < -0.39 is 0 Å². The monoisotopic (exact) mass is 261 g/mol. The number of nitrogens with zero attached hydrogens (tertiary/aromatic N) is 1. The van der Waals surface area contributed by atoms with Gasteiger partial charge >= 0.3 is 6.03 Å². The molecule has 3 N–H and O–H groups in total. The second-order valence-corrected chi connectivity index (χ2v) is 5.14. The Kier molecular flexibility index (Phi) is 5.21. The number of benzene rings is 1. The van der Waals surface area contributed by atoms with E-state index >= 15 is 0 Å². The summed E-state index contributed by atoms with van der Waals surface area (Å²) in [6.07, 6.45) is 3.30. The van der Waals surface area contributed by atoms with Gasteiger partial charge in [0, 0.05) is 26.2 Å². The Morgan fingerprint density at radius 2 is 1.95 bits per heavy atom. The first kappa shape index (κ1) is 13.9. The molecule has 1 aliphatic rings. The predicted molar refractivity (Wildman–Crippen MR) is 76.9 cm³/mol. The Labute approximate surface area is 115 Å². The zero-order chi connectivity index (χ0) is 13.5. The Bertz CT molecular complexity index is 386. The van der Waals surface area contributed by atoms with E-state index in [-0.39, 0.29) is 6.03 Å². The smallest absolute Gasteiger partial charge is 0.317 e. The molecule has 104 valence electrons. The number of amides is 2. The normalized spacial score (nSPS) is 16.4. The van der Waals surface area contributed by atoms with Crippen molar-refractivity contribution in [3.8, 4) is 0 Å². The van der Waals surface area contributed by atoms with Crippen molar-refractivity contribution in [3.63, 3.8) is 0 Å². The minimum Gasteiger partial charge on any atom is -0.337 e. The van der Waals surface area contributed by atoms with Gasteiger partial charge in [-0.1, -0.05) is 30.3 Å². The van der Waals surface area contributed by atoms with Gasteiger partial charge in [0.15, 0.2) is 0 Å². The third-order valence-electron chi connectivity index (χ3n) is 3.69. The van der Waals surface area contributed by atoms with E-state index in [0.717, 1.165) is 32.4 Å². The van der Waals surface area contributed by atoms with E-state index in [1.165, 1.54) is 5.56 Å². The van der Waals surface area contributed by atoms with Crippen LogP contribution in [0.1, 0.15) is 18.4 Å². The highest BCUT2D eigenvalue weighted by molar-refractivity contribution is 5.74. The summed E-state index contributed by atoms with van der Waals surface area (Å²) in [4.78, 5) is 13.7. The quantitative estimate of drug-likeness (QED) is 0.865. The van der Waals surface area contributed by atoms with Gasteiger partial charge in [0.2, 0.25) is 0 Å². The molecule has 0 saturated carbocycles. The second-order valence-electron chi connectivity index (χ2n) is 5.14. The van der Waals surface area contributed by atoms with Crippen LogP contribution in [0.25, 0.3) is 0 Å². The second kappa shape index (κ2) is 7.14. The zero-order valence-electron chi connectivity index (χ0n) is 11.3. The van der Waals surface area contributed by atoms with E-state index in [9.17, 15) is 4.79 Å². The van der Waals surface area contributed by atoms with Crippen molar-refractivity contribution >= 4 is 6.03 Å². The molecule has 0 aromatic heterocycles. The van der Waals surface area contributed by atoms with Crippen LogP contribution < -0.4 is 11.1 Å². The number of hydrogen-bond donors (Lipinski definition) is 2. The summed E-state index contributed by atoms with van der Waals surface area (Å²) in [6.45, 7) is 2.76. The van der Waals surface area contributed by atoms with Gasteiger partial charge < -0.3 is 16.0 Å². The minimum atomic E-state index is 0.0311.